The van der Waals surface area contributed by atoms with Crippen LogP contribution in [0.3, 0.4) is 0 Å². The van der Waals surface area contributed by atoms with Gasteiger partial charge in [-0.05, 0) is 32.0 Å². The molecule has 1 N–H and O–H groups in total. The van der Waals surface area contributed by atoms with Gasteiger partial charge in [-0.15, -0.1) is 0 Å². The summed E-state index contributed by atoms with van der Waals surface area (Å²) in [5, 5.41) is 3.22. The molecule has 0 saturated carbocycles. The zero-order valence-electron chi connectivity index (χ0n) is 13.1. The average Bonchev–Trinajstić information content (AvgIpc) is 2.50. The summed E-state index contributed by atoms with van der Waals surface area (Å²) in [5.74, 6) is 0.242. The molecule has 1 amide bonds. The number of aryl methyl sites for hydroxylation is 1. The number of hydrogen-bond donors (Lipinski definition) is 1. The van der Waals surface area contributed by atoms with Gasteiger partial charge < -0.3 is 14.6 Å². The van der Waals surface area contributed by atoms with E-state index in [1.807, 2.05) is 13.8 Å². The molecular formula is C17H19ClN2O3. The second-order valence-electron chi connectivity index (χ2n) is 5.31. The number of rotatable bonds is 6. The molecule has 1 aromatic heterocycles. The van der Waals surface area contributed by atoms with Crippen LogP contribution in [0.4, 0.5) is 5.69 Å². The molecule has 6 heteroatoms. The van der Waals surface area contributed by atoms with Gasteiger partial charge in [0.1, 0.15) is 0 Å². The summed E-state index contributed by atoms with van der Waals surface area (Å²) in [4.78, 5) is 23.7. The number of benzene rings is 1. The number of nitrogens with zero attached hydrogens (tertiary/aromatic N) is 1. The van der Waals surface area contributed by atoms with Crippen molar-refractivity contribution in [3.05, 3.63) is 58.0 Å². The molecule has 0 radical (unpaired) electrons. The molecule has 0 aliphatic carbocycles. The van der Waals surface area contributed by atoms with Crippen LogP contribution >= 0.6 is 11.6 Å². The maximum atomic E-state index is 12.1. The van der Waals surface area contributed by atoms with E-state index < -0.39 is 0 Å². The number of carbonyl (C=O) groups excluding carboxylic acids is 1. The number of hydrogen-bond acceptors (Lipinski definition) is 3. The highest BCUT2D eigenvalue weighted by atomic mass is 35.5. The normalized spacial score (nSPS) is 10.6. The predicted octanol–water partition coefficient (Wildman–Crippen LogP) is 3.32. The lowest BCUT2D eigenvalue weighted by Crippen LogP contribution is -2.22. The number of ether oxygens (including phenoxy) is 1. The van der Waals surface area contributed by atoms with Gasteiger partial charge in [-0.25, -0.2) is 0 Å². The summed E-state index contributed by atoms with van der Waals surface area (Å²) in [6, 6.07) is 10.1. The average molecular weight is 335 g/mol. The van der Waals surface area contributed by atoms with Gasteiger partial charge in [-0.1, -0.05) is 23.7 Å². The highest BCUT2D eigenvalue weighted by Crippen LogP contribution is 2.33. The van der Waals surface area contributed by atoms with Crippen LogP contribution in [0, 0.1) is 0 Å². The fraction of sp³-hybridized carbons (Fsp3) is 0.294. The van der Waals surface area contributed by atoms with Crippen molar-refractivity contribution < 1.29 is 9.53 Å². The molecule has 122 valence electrons. The van der Waals surface area contributed by atoms with E-state index in [0.717, 1.165) is 0 Å². The second kappa shape index (κ2) is 7.83. The summed E-state index contributed by atoms with van der Waals surface area (Å²) in [6.45, 7) is 4.08. The number of aromatic nitrogens is 1. The SMILES string of the molecule is CC(C)Oc1c(Cl)cccc1NC(=O)CCn1ccccc1=O. The largest absolute Gasteiger partial charge is 0.487 e. The minimum Gasteiger partial charge on any atom is -0.487 e. The summed E-state index contributed by atoms with van der Waals surface area (Å²) < 4.78 is 7.15. The van der Waals surface area contributed by atoms with E-state index in [2.05, 4.69) is 5.32 Å². The predicted molar refractivity (Wildman–Crippen MR) is 91.2 cm³/mol. The number of carbonyl (C=O) groups is 1. The van der Waals surface area contributed by atoms with Gasteiger partial charge in [0.2, 0.25) is 5.91 Å². The van der Waals surface area contributed by atoms with E-state index >= 15 is 0 Å². The lowest BCUT2D eigenvalue weighted by Gasteiger charge is -2.16. The molecule has 0 unspecified atom stereocenters. The summed E-state index contributed by atoms with van der Waals surface area (Å²) in [5.41, 5.74) is 0.392. The molecule has 0 aliphatic rings. The van der Waals surface area contributed by atoms with Gasteiger partial charge in [0.05, 0.1) is 16.8 Å². The number of amides is 1. The second-order valence-corrected chi connectivity index (χ2v) is 5.72. The van der Waals surface area contributed by atoms with Crippen molar-refractivity contribution >= 4 is 23.2 Å². The van der Waals surface area contributed by atoms with Crippen molar-refractivity contribution in [1.82, 2.24) is 4.57 Å². The lowest BCUT2D eigenvalue weighted by atomic mass is 10.2. The Bertz CT molecular complexity index is 741. The number of pyridine rings is 1. The summed E-state index contributed by atoms with van der Waals surface area (Å²) in [6.07, 6.45) is 1.77. The maximum absolute atomic E-state index is 12.1. The van der Waals surface area contributed by atoms with Crippen molar-refractivity contribution in [1.29, 1.82) is 0 Å². The van der Waals surface area contributed by atoms with Crippen molar-refractivity contribution in [2.45, 2.75) is 32.9 Å². The van der Waals surface area contributed by atoms with Gasteiger partial charge in [0, 0.05) is 25.2 Å². The summed E-state index contributed by atoms with van der Waals surface area (Å²) >= 11 is 6.13. The Morgan fingerprint density at radius 3 is 2.74 bits per heavy atom. The molecule has 0 atom stereocenters. The Morgan fingerprint density at radius 2 is 2.04 bits per heavy atom. The van der Waals surface area contributed by atoms with Gasteiger partial charge in [0.25, 0.3) is 5.56 Å². The van der Waals surface area contributed by atoms with Crippen LogP contribution in [0.2, 0.25) is 5.02 Å². The molecule has 1 heterocycles. The highest BCUT2D eigenvalue weighted by molar-refractivity contribution is 6.32. The van der Waals surface area contributed by atoms with Crippen LogP contribution in [-0.2, 0) is 11.3 Å². The van der Waals surface area contributed by atoms with Crippen molar-refractivity contribution in [2.24, 2.45) is 0 Å². The molecule has 0 bridgehead atoms. The monoisotopic (exact) mass is 334 g/mol. The fourth-order valence-corrected chi connectivity index (χ4v) is 2.26. The van der Waals surface area contributed by atoms with Crippen molar-refractivity contribution in [3.8, 4) is 5.75 Å². The number of para-hydroxylation sites is 1. The Hall–Kier alpha value is -2.27. The fourth-order valence-electron chi connectivity index (χ4n) is 2.04. The van der Waals surface area contributed by atoms with E-state index in [1.54, 1.807) is 36.5 Å². The Labute approximate surface area is 139 Å². The zero-order chi connectivity index (χ0) is 16.8. The third-order valence-corrected chi connectivity index (χ3v) is 3.37. The maximum Gasteiger partial charge on any atom is 0.250 e. The van der Waals surface area contributed by atoms with Crippen LogP contribution in [-0.4, -0.2) is 16.6 Å². The Kier molecular flexibility index (Phi) is 5.82. The first-order valence-electron chi connectivity index (χ1n) is 7.38. The van der Waals surface area contributed by atoms with Crippen LogP contribution in [0.1, 0.15) is 20.3 Å². The third kappa shape index (κ3) is 4.86. The molecule has 2 rings (SSSR count). The molecule has 2 aromatic rings. The van der Waals surface area contributed by atoms with Gasteiger partial charge in [0.15, 0.2) is 5.75 Å². The van der Waals surface area contributed by atoms with Crippen LogP contribution in [0.15, 0.2) is 47.4 Å². The molecule has 0 fully saturated rings. The first-order valence-corrected chi connectivity index (χ1v) is 7.75. The zero-order valence-corrected chi connectivity index (χ0v) is 13.8. The van der Waals surface area contributed by atoms with Crippen molar-refractivity contribution in [3.63, 3.8) is 0 Å². The quantitative estimate of drug-likeness (QED) is 0.881. The molecule has 5 nitrogen and oxygen atoms in total. The lowest BCUT2D eigenvalue weighted by molar-refractivity contribution is -0.116. The molecular weight excluding hydrogens is 316 g/mol. The third-order valence-electron chi connectivity index (χ3n) is 3.07. The Balaban J connectivity index is 2.04. The van der Waals surface area contributed by atoms with Gasteiger partial charge >= 0.3 is 0 Å². The van der Waals surface area contributed by atoms with E-state index in [0.29, 0.717) is 23.0 Å². The molecule has 0 saturated heterocycles. The highest BCUT2D eigenvalue weighted by Gasteiger charge is 2.13. The first kappa shape index (κ1) is 17.1. The molecule has 0 aliphatic heterocycles. The minimum atomic E-state index is -0.211. The molecule has 0 spiro atoms. The van der Waals surface area contributed by atoms with E-state index in [-0.39, 0.29) is 24.0 Å². The molecule has 23 heavy (non-hydrogen) atoms. The van der Waals surface area contributed by atoms with Crippen molar-refractivity contribution in [2.75, 3.05) is 5.32 Å². The Morgan fingerprint density at radius 1 is 1.26 bits per heavy atom. The standard InChI is InChI=1S/C17H19ClN2O3/c1-12(2)23-17-13(18)6-5-7-14(17)19-15(21)9-11-20-10-4-3-8-16(20)22/h3-8,10,12H,9,11H2,1-2H3,(H,19,21). The summed E-state index contributed by atoms with van der Waals surface area (Å²) in [7, 11) is 0. The number of nitrogens with one attached hydrogen (secondary N) is 1. The topological polar surface area (TPSA) is 60.3 Å². The van der Waals surface area contributed by atoms with E-state index in [1.165, 1.54) is 10.6 Å². The van der Waals surface area contributed by atoms with Crippen LogP contribution < -0.4 is 15.6 Å². The van der Waals surface area contributed by atoms with E-state index in [4.69, 9.17) is 16.3 Å². The van der Waals surface area contributed by atoms with Gasteiger partial charge in [-0.2, -0.15) is 0 Å². The smallest absolute Gasteiger partial charge is 0.250 e. The van der Waals surface area contributed by atoms with E-state index in [9.17, 15) is 9.59 Å². The number of anilines is 1. The van der Waals surface area contributed by atoms with Gasteiger partial charge in [-0.3, -0.25) is 9.59 Å². The molecule has 1 aromatic carbocycles. The van der Waals surface area contributed by atoms with Crippen LogP contribution in [0.5, 0.6) is 5.75 Å². The first-order chi connectivity index (χ1) is 11.0. The minimum absolute atomic E-state index is 0.0616. The van der Waals surface area contributed by atoms with Crippen LogP contribution in [0.25, 0.3) is 0 Å². The number of halogens is 1.